The molecular weight excluding hydrogens is 276 g/mol. The molecule has 1 aliphatic rings. The van der Waals surface area contributed by atoms with E-state index in [0.717, 1.165) is 5.69 Å². The maximum atomic E-state index is 12.3. The first kappa shape index (κ1) is 15.3. The van der Waals surface area contributed by atoms with Crippen molar-refractivity contribution in [3.05, 3.63) is 17.7 Å². The van der Waals surface area contributed by atoms with Gasteiger partial charge in [0.2, 0.25) is 0 Å². The highest BCUT2D eigenvalue weighted by Gasteiger charge is 2.36. The maximum absolute atomic E-state index is 12.3. The van der Waals surface area contributed by atoms with Gasteiger partial charge in [-0.15, -0.1) is 0 Å². The average Bonchev–Trinajstić information content (AvgIpc) is 2.90. The Morgan fingerprint density at radius 3 is 3.10 bits per heavy atom. The molecule has 1 aromatic rings. The molecule has 0 aliphatic carbocycles. The Kier molecular flexibility index (Phi) is 4.79. The van der Waals surface area contributed by atoms with E-state index < -0.39 is 12.0 Å². The number of fused-ring (bicyclic) bond motifs is 1. The van der Waals surface area contributed by atoms with Crippen LogP contribution in [0, 0.1) is 0 Å². The first-order valence-corrected chi connectivity index (χ1v) is 6.83. The van der Waals surface area contributed by atoms with Crippen molar-refractivity contribution in [3.63, 3.8) is 0 Å². The number of carbonyl (C=O) groups is 2. The Morgan fingerprint density at radius 1 is 1.67 bits per heavy atom. The molecule has 8 heteroatoms. The molecule has 1 aromatic heterocycles. The van der Waals surface area contributed by atoms with Crippen LogP contribution in [0.2, 0.25) is 0 Å². The van der Waals surface area contributed by atoms with Gasteiger partial charge in [-0.05, 0) is 13.3 Å². The van der Waals surface area contributed by atoms with Crippen LogP contribution < -0.4 is 5.32 Å². The zero-order valence-electron chi connectivity index (χ0n) is 12.1. The van der Waals surface area contributed by atoms with Gasteiger partial charge < -0.3 is 25.0 Å². The summed E-state index contributed by atoms with van der Waals surface area (Å²) in [5.41, 5.74) is 1.49. The Hall–Kier alpha value is -2.09. The van der Waals surface area contributed by atoms with Crippen molar-refractivity contribution in [2.24, 2.45) is 0 Å². The van der Waals surface area contributed by atoms with E-state index in [-0.39, 0.29) is 25.0 Å². The lowest BCUT2D eigenvalue weighted by Crippen LogP contribution is -2.53. The van der Waals surface area contributed by atoms with Gasteiger partial charge in [-0.25, -0.2) is 14.6 Å². The fraction of sp³-hybridized carbons (Fsp3) is 0.615. The molecule has 0 aromatic carbocycles. The molecule has 1 aliphatic heterocycles. The second-order valence-corrected chi connectivity index (χ2v) is 5.15. The summed E-state index contributed by atoms with van der Waals surface area (Å²) in [5, 5.41) is 12.1. The summed E-state index contributed by atoms with van der Waals surface area (Å²) in [5.74, 6) is -1.02. The fourth-order valence-corrected chi connectivity index (χ4v) is 2.33. The van der Waals surface area contributed by atoms with Crippen LogP contribution in [-0.2, 0) is 22.5 Å². The van der Waals surface area contributed by atoms with E-state index in [2.05, 4.69) is 15.3 Å². The van der Waals surface area contributed by atoms with Crippen LogP contribution in [0.15, 0.2) is 6.33 Å². The lowest BCUT2D eigenvalue weighted by atomic mass is 10.0. The van der Waals surface area contributed by atoms with Gasteiger partial charge in [0.15, 0.2) is 0 Å². The maximum Gasteiger partial charge on any atom is 0.326 e. The summed E-state index contributed by atoms with van der Waals surface area (Å²) in [4.78, 5) is 32.0. The second-order valence-electron chi connectivity index (χ2n) is 5.15. The Bertz CT molecular complexity index is 516. The molecule has 2 atom stereocenters. The number of imidazole rings is 1. The van der Waals surface area contributed by atoms with Gasteiger partial charge in [-0.3, -0.25) is 0 Å². The van der Waals surface area contributed by atoms with Crippen LogP contribution in [-0.4, -0.2) is 57.8 Å². The number of aliphatic carboxylic acids is 1. The monoisotopic (exact) mass is 296 g/mol. The van der Waals surface area contributed by atoms with Gasteiger partial charge in [0, 0.05) is 26.2 Å². The summed E-state index contributed by atoms with van der Waals surface area (Å²) in [6.07, 6.45) is 2.41. The first-order valence-electron chi connectivity index (χ1n) is 6.83. The minimum Gasteiger partial charge on any atom is -0.480 e. The highest BCUT2D eigenvalue weighted by Crippen LogP contribution is 2.21. The molecule has 0 saturated heterocycles. The molecule has 2 unspecified atom stereocenters. The molecule has 3 N–H and O–H groups in total. The minimum absolute atomic E-state index is 0.0879. The average molecular weight is 296 g/mol. The number of rotatable bonds is 5. The SMILES string of the molecule is COCCC(C)NC(=O)N1Cc2[nH]cnc2CC1C(=O)O. The molecule has 116 valence electrons. The topological polar surface area (TPSA) is 108 Å². The highest BCUT2D eigenvalue weighted by atomic mass is 16.5. The van der Waals surface area contributed by atoms with E-state index in [1.165, 1.54) is 11.2 Å². The molecule has 0 fully saturated rings. The third-order valence-corrected chi connectivity index (χ3v) is 3.57. The predicted octanol–water partition coefficient (Wildman–Crippen LogP) is 0.356. The van der Waals surface area contributed by atoms with Crippen molar-refractivity contribution < 1.29 is 19.4 Å². The zero-order valence-corrected chi connectivity index (χ0v) is 12.1. The van der Waals surface area contributed by atoms with E-state index in [4.69, 9.17) is 4.74 Å². The number of hydrogen-bond acceptors (Lipinski definition) is 4. The summed E-state index contributed by atoms with van der Waals surface area (Å²) < 4.78 is 4.96. The number of nitrogens with zero attached hydrogens (tertiary/aromatic N) is 2. The number of hydrogen-bond donors (Lipinski definition) is 3. The van der Waals surface area contributed by atoms with E-state index in [1.54, 1.807) is 7.11 Å². The standard InChI is InChI=1S/C13H20N4O4/c1-8(3-4-21-2)16-13(20)17-6-10-9(14-7-15-10)5-11(17)12(18)19/h7-8,11H,3-6H2,1-2H3,(H,14,15)(H,16,20)(H,18,19). The number of amides is 2. The van der Waals surface area contributed by atoms with E-state index in [0.29, 0.717) is 18.7 Å². The Balaban J connectivity index is 2.05. The summed E-state index contributed by atoms with van der Waals surface area (Å²) in [7, 11) is 1.60. The second kappa shape index (κ2) is 6.57. The Morgan fingerprint density at radius 2 is 2.43 bits per heavy atom. The summed E-state index contributed by atoms with van der Waals surface area (Å²) >= 11 is 0. The number of methoxy groups -OCH3 is 1. The number of aromatic amines is 1. The molecule has 21 heavy (non-hydrogen) atoms. The molecule has 2 heterocycles. The number of urea groups is 1. The van der Waals surface area contributed by atoms with Crippen molar-refractivity contribution in [1.82, 2.24) is 20.2 Å². The van der Waals surface area contributed by atoms with Crippen LogP contribution in [0.5, 0.6) is 0 Å². The third-order valence-electron chi connectivity index (χ3n) is 3.57. The number of carbonyl (C=O) groups excluding carboxylic acids is 1. The van der Waals surface area contributed by atoms with Crippen molar-refractivity contribution in [1.29, 1.82) is 0 Å². The number of nitrogens with one attached hydrogen (secondary N) is 2. The molecule has 8 nitrogen and oxygen atoms in total. The molecule has 0 saturated carbocycles. The Labute approximate surface area is 122 Å². The largest absolute Gasteiger partial charge is 0.480 e. The van der Waals surface area contributed by atoms with Gasteiger partial charge in [0.05, 0.1) is 24.3 Å². The van der Waals surface area contributed by atoms with Crippen molar-refractivity contribution in [3.8, 4) is 0 Å². The number of carboxylic acid groups (broad SMARTS) is 1. The molecule has 2 rings (SSSR count). The van der Waals surface area contributed by atoms with Crippen molar-refractivity contribution in [2.75, 3.05) is 13.7 Å². The zero-order chi connectivity index (χ0) is 15.4. The first-order chi connectivity index (χ1) is 10.0. The normalized spacial score (nSPS) is 19.0. The van der Waals surface area contributed by atoms with Gasteiger partial charge >= 0.3 is 12.0 Å². The van der Waals surface area contributed by atoms with Gasteiger partial charge in [0.25, 0.3) is 0 Å². The number of aromatic nitrogens is 2. The molecule has 0 bridgehead atoms. The van der Waals surface area contributed by atoms with Crippen LogP contribution in [0.25, 0.3) is 0 Å². The van der Waals surface area contributed by atoms with Crippen molar-refractivity contribution >= 4 is 12.0 Å². The summed E-state index contributed by atoms with van der Waals surface area (Å²) in [6.45, 7) is 2.61. The fourth-order valence-electron chi connectivity index (χ4n) is 2.33. The predicted molar refractivity (Wildman–Crippen MR) is 73.7 cm³/mol. The number of ether oxygens (including phenoxy) is 1. The molecule has 2 amide bonds. The summed E-state index contributed by atoms with van der Waals surface area (Å²) in [6, 6.07) is -1.36. The van der Waals surface area contributed by atoms with E-state index >= 15 is 0 Å². The van der Waals surface area contributed by atoms with Crippen molar-refractivity contribution in [2.45, 2.75) is 38.4 Å². The quantitative estimate of drug-likeness (QED) is 0.727. The molecule has 0 spiro atoms. The smallest absolute Gasteiger partial charge is 0.326 e. The van der Waals surface area contributed by atoms with Gasteiger partial charge in [0.1, 0.15) is 6.04 Å². The lowest BCUT2D eigenvalue weighted by Gasteiger charge is -2.33. The van der Waals surface area contributed by atoms with E-state index in [1.807, 2.05) is 6.92 Å². The minimum atomic E-state index is -1.02. The van der Waals surface area contributed by atoms with Crippen LogP contribution >= 0.6 is 0 Å². The van der Waals surface area contributed by atoms with Crippen LogP contribution in [0.1, 0.15) is 24.7 Å². The van der Waals surface area contributed by atoms with Gasteiger partial charge in [-0.1, -0.05) is 0 Å². The number of carboxylic acids is 1. The third kappa shape index (κ3) is 3.52. The van der Waals surface area contributed by atoms with Gasteiger partial charge in [-0.2, -0.15) is 0 Å². The van der Waals surface area contributed by atoms with E-state index in [9.17, 15) is 14.7 Å². The van der Waals surface area contributed by atoms with Crippen LogP contribution in [0.3, 0.4) is 0 Å². The van der Waals surface area contributed by atoms with Crippen LogP contribution in [0.4, 0.5) is 4.79 Å². The number of H-pyrrole nitrogens is 1. The lowest BCUT2D eigenvalue weighted by molar-refractivity contribution is -0.142. The molecule has 0 radical (unpaired) electrons. The molecular formula is C13H20N4O4. The highest BCUT2D eigenvalue weighted by molar-refractivity contribution is 5.83.